The van der Waals surface area contributed by atoms with Crippen LogP contribution in [0.15, 0.2) is 36.4 Å². The van der Waals surface area contributed by atoms with Crippen molar-refractivity contribution in [3.63, 3.8) is 0 Å². The first-order chi connectivity index (χ1) is 16.3. The normalized spacial score (nSPS) is 13.1. The van der Waals surface area contributed by atoms with Gasteiger partial charge in [-0.3, -0.25) is 13.9 Å². The van der Waals surface area contributed by atoms with Crippen LogP contribution in [0.4, 0.5) is 5.69 Å². The van der Waals surface area contributed by atoms with Crippen molar-refractivity contribution in [1.82, 2.24) is 10.2 Å². The fourth-order valence-electron chi connectivity index (χ4n) is 3.34. The van der Waals surface area contributed by atoms with Gasteiger partial charge in [0.15, 0.2) is 0 Å². The molecular formula is C24H30Cl3N3O4S. The zero-order valence-corrected chi connectivity index (χ0v) is 23.4. The summed E-state index contributed by atoms with van der Waals surface area (Å²) < 4.78 is 26.4. The van der Waals surface area contributed by atoms with E-state index in [1.807, 2.05) is 13.8 Å². The number of nitrogens with one attached hydrogen (secondary N) is 1. The molecule has 2 aromatic rings. The predicted molar refractivity (Wildman–Crippen MR) is 143 cm³/mol. The first kappa shape index (κ1) is 29.2. The molecule has 2 amide bonds. The van der Waals surface area contributed by atoms with Crippen molar-refractivity contribution >= 4 is 62.3 Å². The monoisotopic (exact) mass is 561 g/mol. The zero-order chi connectivity index (χ0) is 26.5. The van der Waals surface area contributed by atoms with E-state index in [9.17, 15) is 18.0 Å². The van der Waals surface area contributed by atoms with E-state index >= 15 is 0 Å². The van der Waals surface area contributed by atoms with Crippen molar-refractivity contribution in [1.29, 1.82) is 0 Å². The second-order valence-corrected chi connectivity index (χ2v) is 11.5. The van der Waals surface area contributed by atoms with Gasteiger partial charge in [-0.2, -0.15) is 0 Å². The summed E-state index contributed by atoms with van der Waals surface area (Å²) in [5.74, 6) is -0.912. The van der Waals surface area contributed by atoms with Gasteiger partial charge < -0.3 is 10.2 Å². The van der Waals surface area contributed by atoms with E-state index in [1.165, 1.54) is 4.90 Å². The van der Waals surface area contributed by atoms with Gasteiger partial charge >= 0.3 is 0 Å². The maximum Gasteiger partial charge on any atom is 0.244 e. The summed E-state index contributed by atoms with van der Waals surface area (Å²) in [6.45, 7) is 6.59. The summed E-state index contributed by atoms with van der Waals surface area (Å²) >= 11 is 18.4. The molecule has 0 heterocycles. The highest BCUT2D eigenvalue weighted by Crippen LogP contribution is 2.29. The maximum absolute atomic E-state index is 13.6. The summed E-state index contributed by atoms with van der Waals surface area (Å²) in [4.78, 5) is 27.8. The van der Waals surface area contributed by atoms with E-state index in [1.54, 1.807) is 50.2 Å². The molecule has 0 fully saturated rings. The van der Waals surface area contributed by atoms with Crippen molar-refractivity contribution in [2.24, 2.45) is 0 Å². The van der Waals surface area contributed by atoms with E-state index in [0.717, 1.165) is 17.0 Å². The molecule has 192 valence electrons. The number of halogens is 3. The van der Waals surface area contributed by atoms with Crippen molar-refractivity contribution < 1.29 is 18.0 Å². The third-order valence-electron chi connectivity index (χ3n) is 5.69. The largest absolute Gasteiger partial charge is 0.352 e. The highest BCUT2D eigenvalue weighted by Gasteiger charge is 2.31. The van der Waals surface area contributed by atoms with Crippen LogP contribution >= 0.6 is 34.8 Å². The lowest BCUT2D eigenvalue weighted by Gasteiger charge is -2.32. The highest BCUT2D eigenvalue weighted by atomic mass is 35.5. The first-order valence-electron chi connectivity index (χ1n) is 11.0. The molecule has 7 nitrogen and oxygen atoms in total. The molecule has 0 radical (unpaired) electrons. The number of sulfonamides is 1. The van der Waals surface area contributed by atoms with E-state index in [4.69, 9.17) is 34.8 Å². The van der Waals surface area contributed by atoms with Crippen LogP contribution in [0.25, 0.3) is 0 Å². The van der Waals surface area contributed by atoms with Gasteiger partial charge in [-0.15, -0.1) is 0 Å². The Morgan fingerprint density at radius 3 is 2.26 bits per heavy atom. The fraction of sp³-hybridized carbons (Fsp3) is 0.417. The second kappa shape index (κ2) is 12.3. The Labute approximate surface area is 222 Å². The molecule has 0 saturated carbocycles. The van der Waals surface area contributed by atoms with Crippen LogP contribution in [0.5, 0.6) is 0 Å². The Hall–Kier alpha value is -2.00. The van der Waals surface area contributed by atoms with Crippen molar-refractivity contribution in [2.75, 3.05) is 17.1 Å². The number of carbonyl (C=O) groups excluding carboxylic acids is 2. The van der Waals surface area contributed by atoms with E-state index in [0.29, 0.717) is 31.9 Å². The van der Waals surface area contributed by atoms with Gasteiger partial charge in [0.2, 0.25) is 21.8 Å². The average Bonchev–Trinajstić information content (AvgIpc) is 2.78. The Morgan fingerprint density at radius 1 is 1.03 bits per heavy atom. The van der Waals surface area contributed by atoms with Crippen LogP contribution in [0.2, 0.25) is 15.1 Å². The van der Waals surface area contributed by atoms with Gasteiger partial charge in [0.05, 0.1) is 22.0 Å². The standard InChI is InChI=1S/C24H30Cl3N3O4S/c1-6-15(2)28-24(32)17(4)29(13-18-10-11-20(26)21(27)12-18)23(31)14-30(35(5,33)34)22-9-7-8-19(25)16(22)3/h7-12,15,17H,6,13-14H2,1-5H3,(H,28,32). The molecule has 2 atom stereocenters. The lowest BCUT2D eigenvalue weighted by molar-refractivity contribution is -0.139. The molecule has 11 heteroatoms. The van der Waals surface area contributed by atoms with Crippen LogP contribution in [0, 0.1) is 6.92 Å². The summed E-state index contributed by atoms with van der Waals surface area (Å²) in [7, 11) is -3.85. The molecule has 1 N–H and O–H groups in total. The van der Waals surface area contributed by atoms with Gasteiger partial charge in [0.1, 0.15) is 12.6 Å². The number of benzene rings is 2. The maximum atomic E-state index is 13.6. The van der Waals surface area contributed by atoms with Gasteiger partial charge in [0, 0.05) is 17.6 Å². The molecular weight excluding hydrogens is 533 g/mol. The topological polar surface area (TPSA) is 86.8 Å². The summed E-state index contributed by atoms with van der Waals surface area (Å²) in [5, 5.41) is 3.91. The van der Waals surface area contributed by atoms with E-state index in [2.05, 4.69) is 5.32 Å². The van der Waals surface area contributed by atoms with Gasteiger partial charge in [0.25, 0.3) is 0 Å². The molecule has 0 bridgehead atoms. The van der Waals surface area contributed by atoms with Crippen LogP contribution in [0.1, 0.15) is 38.3 Å². The van der Waals surface area contributed by atoms with Gasteiger partial charge in [-0.1, -0.05) is 53.9 Å². The van der Waals surface area contributed by atoms with Gasteiger partial charge in [-0.05, 0) is 62.6 Å². The number of carbonyl (C=O) groups is 2. The molecule has 0 saturated heterocycles. The average molecular weight is 563 g/mol. The Kier molecular flexibility index (Phi) is 10.3. The van der Waals surface area contributed by atoms with Crippen LogP contribution in [-0.4, -0.2) is 50.0 Å². The zero-order valence-electron chi connectivity index (χ0n) is 20.3. The molecule has 0 aliphatic heterocycles. The van der Waals surface area contributed by atoms with Crippen LogP contribution < -0.4 is 9.62 Å². The summed E-state index contributed by atoms with van der Waals surface area (Å²) in [6.07, 6.45) is 1.73. The van der Waals surface area contributed by atoms with E-state index < -0.39 is 28.5 Å². The smallest absolute Gasteiger partial charge is 0.244 e. The molecule has 2 rings (SSSR count). The number of anilines is 1. The SMILES string of the molecule is CCC(C)NC(=O)C(C)N(Cc1ccc(Cl)c(Cl)c1)C(=O)CN(c1cccc(Cl)c1C)S(C)(=O)=O. The number of amides is 2. The quantitative estimate of drug-likeness (QED) is 0.439. The highest BCUT2D eigenvalue weighted by molar-refractivity contribution is 7.92. The predicted octanol–water partition coefficient (Wildman–Crippen LogP) is 5.05. The number of hydrogen-bond acceptors (Lipinski definition) is 4. The minimum absolute atomic E-state index is 0.0247. The van der Waals surface area contributed by atoms with Crippen molar-refractivity contribution in [3.8, 4) is 0 Å². The number of nitrogens with zero attached hydrogens (tertiary/aromatic N) is 2. The third kappa shape index (κ3) is 7.74. The molecule has 2 unspecified atom stereocenters. The van der Waals surface area contributed by atoms with Gasteiger partial charge in [-0.25, -0.2) is 8.42 Å². The van der Waals surface area contributed by atoms with E-state index in [-0.39, 0.29) is 18.5 Å². The van der Waals surface area contributed by atoms with Crippen LogP contribution in [-0.2, 0) is 26.2 Å². The number of rotatable bonds is 10. The Bertz CT molecular complexity index is 1190. The molecule has 0 aliphatic carbocycles. The van der Waals surface area contributed by atoms with Crippen molar-refractivity contribution in [2.45, 2.75) is 52.7 Å². The summed E-state index contributed by atoms with van der Waals surface area (Å²) in [5.41, 5.74) is 1.45. The lowest BCUT2D eigenvalue weighted by atomic mass is 10.1. The molecule has 0 spiro atoms. The minimum atomic E-state index is -3.85. The van der Waals surface area contributed by atoms with Crippen molar-refractivity contribution in [3.05, 3.63) is 62.6 Å². The number of hydrogen-bond donors (Lipinski definition) is 1. The molecule has 2 aromatic carbocycles. The first-order valence-corrected chi connectivity index (χ1v) is 14.0. The molecule has 35 heavy (non-hydrogen) atoms. The Morgan fingerprint density at radius 2 is 1.69 bits per heavy atom. The summed E-state index contributed by atoms with van der Waals surface area (Å²) in [6, 6.07) is 8.77. The molecule has 0 aliphatic rings. The fourth-order valence-corrected chi connectivity index (χ4v) is 4.73. The van der Waals surface area contributed by atoms with Crippen LogP contribution in [0.3, 0.4) is 0 Å². The Balaban J connectivity index is 2.45. The minimum Gasteiger partial charge on any atom is -0.352 e. The third-order valence-corrected chi connectivity index (χ3v) is 7.97. The second-order valence-electron chi connectivity index (χ2n) is 8.42. The lowest BCUT2D eigenvalue weighted by Crippen LogP contribution is -2.52. The molecule has 0 aromatic heterocycles.